The van der Waals surface area contributed by atoms with Crippen LogP contribution in [0.25, 0.3) is 0 Å². The Hall–Kier alpha value is -1.88. The third-order valence-corrected chi connectivity index (χ3v) is 3.08. The van der Waals surface area contributed by atoms with Crippen LogP contribution in [0.15, 0.2) is 18.2 Å². The van der Waals surface area contributed by atoms with Gasteiger partial charge in [-0.1, -0.05) is 19.9 Å². The van der Waals surface area contributed by atoms with Crippen LogP contribution in [0.3, 0.4) is 0 Å². The first kappa shape index (κ1) is 15.2. The minimum atomic E-state index is -0.567. The highest BCUT2D eigenvalue weighted by atomic mass is 16.2. The summed E-state index contributed by atoms with van der Waals surface area (Å²) in [6.07, 6.45) is 0. The van der Waals surface area contributed by atoms with Crippen molar-refractivity contribution >= 4 is 17.5 Å². The summed E-state index contributed by atoms with van der Waals surface area (Å²) in [5.41, 5.74) is 7.67. The lowest BCUT2D eigenvalue weighted by Crippen LogP contribution is -2.40. The average molecular weight is 263 g/mol. The highest BCUT2D eigenvalue weighted by molar-refractivity contribution is 6.00. The number of benzene rings is 1. The Kier molecular flexibility index (Phi) is 5.06. The highest BCUT2D eigenvalue weighted by Gasteiger charge is 2.19. The van der Waals surface area contributed by atoms with Gasteiger partial charge in [0.25, 0.3) is 5.91 Å². The Morgan fingerprint density at radius 1 is 1.26 bits per heavy atom. The molecule has 0 fully saturated rings. The second-order valence-electron chi connectivity index (χ2n) is 4.82. The molecular formula is C14H21N3O2. The first-order valence-corrected chi connectivity index (χ1v) is 6.26. The summed E-state index contributed by atoms with van der Waals surface area (Å²) in [5.74, 6) is -0.364. The van der Waals surface area contributed by atoms with Crippen molar-refractivity contribution in [2.45, 2.75) is 26.8 Å². The second-order valence-corrected chi connectivity index (χ2v) is 4.82. The van der Waals surface area contributed by atoms with E-state index in [9.17, 15) is 9.59 Å². The van der Waals surface area contributed by atoms with E-state index in [1.165, 1.54) is 0 Å². The first-order valence-electron chi connectivity index (χ1n) is 6.26. The predicted molar refractivity (Wildman–Crippen MR) is 76.0 cm³/mol. The predicted octanol–water partition coefficient (Wildman–Crippen LogP) is 1.28. The van der Waals surface area contributed by atoms with E-state index >= 15 is 0 Å². The highest BCUT2D eigenvalue weighted by Crippen LogP contribution is 2.19. The summed E-state index contributed by atoms with van der Waals surface area (Å²) >= 11 is 0. The lowest BCUT2D eigenvalue weighted by atomic mass is 10.0. The number of hydrogen-bond acceptors (Lipinski definition) is 3. The Balaban J connectivity index is 2.97. The topological polar surface area (TPSA) is 84.2 Å². The maximum Gasteiger partial charge on any atom is 0.251 e. The number of rotatable bonds is 4. The van der Waals surface area contributed by atoms with Gasteiger partial charge >= 0.3 is 0 Å². The fraction of sp³-hybridized carbons (Fsp3) is 0.429. The molecule has 1 aromatic carbocycles. The van der Waals surface area contributed by atoms with Crippen molar-refractivity contribution in [3.05, 3.63) is 29.3 Å². The van der Waals surface area contributed by atoms with Gasteiger partial charge in [0.05, 0.1) is 6.04 Å². The van der Waals surface area contributed by atoms with Crippen LogP contribution >= 0.6 is 0 Å². The SMILES string of the molecule is CNC(=O)c1cccc(NC(=O)[C@H](N)C(C)C)c1C. The molecule has 0 saturated heterocycles. The van der Waals surface area contributed by atoms with Gasteiger partial charge in [-0.3, -0.25) is 9.59 Å². The van der Waals surface area contributed by atoms with Gasteiger partial charge in [0.2, 0.25) is 5.91 Å². The molecule has 0 saturated carbocycles. The number of carbonyl (C=O) groups is 2. The standard InChI is InChI=1S/C14H21N3O2/c1-8(2)12(15)14(19)17-11-7-5-6-10(9(11)3)13(18)16-4/h5-8,12H,15H2,1-4H3,(H,16,18)(H,17,19)/t12-/m1/s1. The van der Waals surface area contributed by atoms with E-state index in [2.05, 4.69) is 10.6 Å². The summed E-state index contributed by atoms with van der Waals surface area (Å²) in [7, 11) is 1.57. The molecule has 1 aromatic rings. The van der Waals surface area contributed by atoms with Crippen molar-refractivity contribution in [3.63, 3.8) is 0 Å². The fourth-order valence-electron chi connectivity index (χ4n) is 1.67. The minimum absolute atomic E-state index is 0.0578. The maximum atomic E-state index is 11.9. The van der Waals surface area contributed by atoms with Crippen LogP contribution < -0.4 is 16.4 Å². The molecule has 0 spiro atoms. The van der Waals surface area contributed by atoms with E-state index in [4.69, 9.17) is 5.73 Å². The van der Waals surface area contributed by atoms with Crippen LogP contribution in [0.1, 0.15) is 29.8 Å². The van der Waals surface area contributed by atoms with Gasteiger partial charge in [-0.05, 0) is 30.5 Å². The quantitative estimate of drug-likeness (QED) is 0.765. The Labute approximate surface area is 113 Å². The molecule has 0 radical (unpaired) electrons. The molecule has 5 heteroatoms. The molecule has 19 heavy (non-hydrogen) atoms. The van der Waals surface area contributed by atoms with E-state index in [0.29, 0.717) is 11.3 Å². The van der Waals surface area contributed by atoms with Crippen molar-refractivity contribution in [1.29, 1.82) is 0 Å². The smallest absolute Gasteiger partial charge is 0.251 e. The number of nitrogens with two attached hydrogens (primary N) is 1. The van der Waals surface area contributed by atoms with Gasteiger partial charge in [-0.25, -0.2) is 0 Å². The van der Waals surface area contributed by atoms with Crippen molar-refractivity contribution in [2.75, 3.05) is 12.4 Å². The molecule has 2 amide bonds. The summed E-state index contributed by atoms with van der Waals surface area (Å²) in [4.78, 5) is 23.6. The number of carbonyl (C=O) groups excluding carboxylic acids is 2. The molecule has 0 heterocycles. The zero-order valence-electron chi connectivity index (χ0n) is 11.8. The van der Waals surface area contributed by atoms with Gasteiger partial charge in [0.15, 0.2) is 0 Å². The molecule has 0 aromatic heterocycles. The zero-order valence-corrected chi connectivity index (χ0v) is 11.8. The lowest BCUT2D eigenvalue weighted by molar-refractivity contribution is -0.118. The van der Waals surface area contributed by atoms with Crippen LogP contribution in [0.5, 0.6) is 0 Å². The molecule has 5 nitrogen and oxygen atoms in total. The van der Waals surface area contributed by atoms with Crippen LogP contribution in [-0.4, -0.2) is 24.9 Å². The molecule has 104 valence electrons. The van der Waals surface area contributed by atoms with Crippen molar-refractivity contribution in [3.8, 4) is 0 Å². The van der Waals surface area contributed by atoms with Crippen molar-refractivity contribution < 1.29 is 9.59 Å². The van der Waals surface area contributed by atoms with E-state index in [0.717, 1.165) is 5.56 Å². The van der Waals surface area contributed by atoms with E-state index in [1.54, 1.807) is 32.2 Å². The minimum Gasteiger partial charge on any atom is -0.355 e. The van der Waals surface area contributed by atoms with Crippen LogP contribution in [-0.2, 0) is 4.79 Å². The van der Waals surface area contributed by atoms with E-state index < -0.39 is 6.04 Å². The summed E-state index contributed by atoms with van der Waals surface area (Å²) in [5, 5.41) is 5.33. The monoisotopic (exact) mass is 263 g/mol. The summed E-state index contributed by atoms with van der Waals surface area (Å²) < 4.78 is 0. The maximum absolute atomic E-state index is 11.9. The van der Waals surface area contributed by atoms with Crippen LogP contribution in [0, 0.1) is 12.8 Å². The van der Waals surface area contributed by atoms with Gasteiger partial charge in [0, 0.05) is 18.3 Å². The zero-order chi connectivity index (χ0) is 14.6. The van der Waals surface area contributed by atoms with Gasteiger partial charge in [-0.2, -0.15) is 0 Å². The third kappa shape index (κ3) is 3.54. The number of hydrogen-bond donors (Lipinski definition) is 3. The van der Waals surface area contributed by atoms with Crippen molar-refractivity contribution in [2.24, 2.45) is 11.7 Å². The molecule has 0 unspecified atom stereocenters. The molecular weight excluding hydrogens is 242 g/mol. The second kappa shape index (κ2) is 6.33. The Bertz CT molecular complexity index is 484. The summed E-state index contributed by atoms with van der Waals surface area (Å²) in [6.45, 7) is 5.57. The van der Waals surface area contributed by atoms with Gasteiger partial charge in [-0.15, -0.1) is 0 Å². The molecule has 1 rings (SSSR count). The number of anilines is 1. The molecule has 0 aliphatic rings. The normalized spacial score (nSPS) is 12.1. The summed E-state index contributed by atoms with van der Waals surface area (Å²) in [6, 6.07) is 4.63. The van der Waals surface area contributed by atoms with Crippen LogP contribution in [0.4, 0.5) is 5.69 Å². The number of nitrogens with one attached hydrogen (secondary N) is 2. The Morgan fingerprint density at radius 3 is 2.42 bits per heavy atom. The molecule has 0 aliphatic carbocycles. The van der Waals surface area contributed by atoms with Gasteiger partial charge in [0.1, 0.15) is 0 Å². The third-order valence-electron chi connectivity index (χ3n) is 3.08. The lowest BCUT2D eigenvalue weighted by Gasteiger charge is -2.17. The fourth-order valence-corrected chi connectivity index (χ4v) is 1.67. The molecule has 4 N–H and O–H groups in total. The number of amides is 2. The molecule has 0 bridgehead atoms. The van der Waals surface area contributed by atoms with E-state index in [1.807, 2.05) is 13.8 Å². The van der Waals surface area contributed by atoms with Crippen molar-refractivity contribution in [1.82, 2.24) is 5.32 Å². The molecule has 1 atom stereocenters. The van der Waals surface area contributed by atoms with Gasteiger partial charge < -0.3 is 16.4 Å². The average Bonchev–Trinajstić information content (AvgIpc) is 2.39. The first-order chi connectivity index (χ1) is 8.88. The van der Waals surface area contributed by atoms with Crippen LogP contribution in [0.2, 0.25) is 0 Å². The van der Waals surface area contributed by atoms with E-state index in [-0.39, 0.29) is 17.7 Å². The largest absolute Gasteiger partial charge is 0.355 e. The Morgan fingerprint density at radius 2 is 1.89 bits per heavy atom. The molecule has 0 aliphatic heterocycles.